The maximum Gasteiger partial charge on any atom is 0.193 e. The van der Waals surface area contributed by atoms with Gasteiger partial charge in [-0.3, -0.25) is 9.69 Å². The number of piperidine rings is 1. The van der Waals surface area contributed by atoms with Crippen molar-refractivity contribution in [3.05, 3.63) is 24.0 Å². The summed E-state index contributed by atoms with van der Waals surface area (Å²) in [6.07, 6.45) is 8.85. The van der Waals surface area contributed by atoms with Crippen molar-refractivity contribution in [2.24, 2.45) is 18.9 Å². The van der Waals surface area contributed by atoms with Gasteiger partial charge in [0.25, 0.3) is 0 Å². The Kier molecular flexibility index (Phi) is 3.74. The first-order valence-corrected chi connectivity index (χ1v) is 7.61. The van der Waals surface area contributed by atoms with Gasteiger partial charge in [-0.05, 0) is 43.4 Å². The number of rotatable bonds is 3. The molecule has 3 nitrogen and oxygen atoms in total. The first-order chi connectivity index (χ1) is 9.24. The fourth-order valence-electron chi connectivity index (χ4n) is 3.85. The Hall–Kier alpha value is -1.09. The summed E-state index contributed by atoms with van der Waals surface area (Å²) >= 11 is 0. The normalized spacial score (nSPS) is 28.1. The molecular weight excluding hydrogens is 236 g/mol. The standard InChI is InChI=1S/C16H24N2O/c1-17-9-4-7-15(17)16(19)12-18-10-8-13-5-2-3-6-14(13)11-18/h4,7,9,13-14H,2-3,5-6,8,10-12H2,1H3/t13-,14+/m1/s1. The van der Waals surface area contributed by atoms with Crippen molar-refractivity contribution in [1.29, 1.82) is 0 Å². The fourth-order valence-corrected chi connectivity index (χ4v) is 3.85. The lowest BCUT2D eigenvalue weighted by Crippen LogP contribution is -2.44. The molecule has 2 atom stereocenters. The summed E-state index contributed by atoms with van der Waals surface area (Å²) < 4.78 is 1.93. The molecule has 2 aliphatic rings. The lowest BCUT2D eigenvalue weighted by molar-refractivity contribution is 0.0707. The third-order valence-corrected chi connectivity index (χ3v) is 4.97. The molecule has 2 heterocycles. The molecule has 0 amide bonds. The molecule has 0 unspecified atom stereocenters. The molecule has 1 aliphatic heterocycles. The van der Waals surface area contributed by atoms with Crippen LogP contribution in [0.2, 0.25) is 0 Å². The Morgan fingerprint density at radius 1 is 1.26 bits per heavy atom. The lowest BCUT2D eigenvalue weighted by atomic mass is 9.75. The molecule has 0 aromatic carbocycles. The predicted molar refractivity (Wildman–Crippen MR) is 76.2 cm³/mol. The number of carbonyl (C=O) groups excluding carboxylic acids is 1. The molecule has 0 radical (unpaired) electrons. The van der Waals surface area contributed by atoms with E-state index in [4.69, 9.17) is 0 Å². The zero-order chi connectivity index (χ0) is 13.2. The van der Waals surface area contributed by atoms with Crippen molar-refractivity contribution in [1.82, 2.24) is 9.47 Å². The van der Waals surface area contributed by atoms with Crippen molar-refractivity contribution in [3.8, 4) is 0 Å². The molecule has 0 N–H and O–H groups in total. The molecule has 3 heteroatoms. The molecule has 1 aromatic heterocycles. The van der Waals surface area contributed by atoms with Gasteiger partial charge >= 0.3 is 0 Å². The zero-order valence-corrected chi connectivity index (χ0v) is 11.8. The van der Waals surface area contributed by atoms with E-state index >= 15 is 0 Å². The summed E-state index contributed by atoms with van der Waals surface area (Å²) in [6.45, 7) is 2.85. The number of aryl methyl sites for hydroxylation is 1. The van der Waals surface area contributed by atoms with E-state index in [2.05, 4.69) is 4.90 Å². The minimum Gasteiger partial charge on any atom is -0.348 e. The number of nitrogens with zero attached hydrogens (tertiary/aromatic N) is 2. The summed E-state index contributed by atoms with van der Waals surface area (Å²) in [5.74, 6) is 2.06. The van der Waals surface area contributed by atoms with E-state index in [0.29, 0.717) is 6.54 Å². The van der Waals surface area contributed by atoms with E-state index in [1.165, 1.54) is 32.1 Å². The predicted octanol–water partition coefficient (Wildman–Crippen LogP) is 2.72. The van der Waals surface area contributed by atoms with Crippen LogP contribution in [0.1, 0.15) is 42.6 Å². The number of fused-ring (bicyclic) bond motifs is 1. The summed E-state index contributed by atoms with van der Waals surface area (Å²) in [6, 6.07) is 3.87. The van der Waals surface area contributed by atoms with Gasteiger partial charge in [0.2, 0.25) is 0 Å². The van der Waals surface area contributed by atoms with E-state index in [1.807, 2.05) is 29.9 Å². The van der Waals surface area contributed by atoms with Crippen molar-refractivity contribution in [2.75, 3.05) is 19.6 Å². The molecule has 19 heavy (non-hydrogen) atoms. The zero-order valence-electron chi connectivity index (χ0n) is 11.8. The average molecular weight is 260 g/mol. The van der Waals surface area contributed by atoms with Gasteiger partial charge in [0.05, 0.1) is 12.2 Å². The molecule has 0 spiro atoms. The van der Waals surface area contributed by atoms with Crippen LogP contribution in [0.5, 0.6) is 0 Å². The molecular formula is C16H24N2O. The summed E-state index contributed by atoms with van der Waals surface area (Å²) in [4.78, 5) is 14.7. The fraction of sp³-hybridized carbons (Fsp3) is 0.688. The number of hydrogen-bond acceptors (Lipinski definition) is 2. The second-order valence-electron chi connectivity index (χ2n) is 6.26. The van der Waals surface area contributed by atoms with Crippen molar-refractivity contribution < 1.29 is 4.79 Å². The molecule has 3 rings (SSSR count). The van der Waals surface area contributed by atoms with Crippen LogP contribution in [-0.4, -0.2) is 34.9 Å². The molecule has 2 fully saturated rings. The van der Waals surface area contributed by atoms with E-state index in [9.17, 15) is 4.79 Å². The second kappa shape index (κ2) is 5.49. The Bertz CT molecular complexity index is 451. The SMILES string of the molecule is Cn1cccc1C(=O)CN1CC[C@H]2CCCC[C@H]2C1. The van der Waals surface area contributed by atoms with Crippen LogP contribution in [0.3, 0.4) is 0 Å². The maximum absolute atomic E-state index is 12.3. The van der Waals surface area contributed by atoms with Gasteiger partial charge in [-0.2, -0.15) is 0 Å². The number of carbonyl (C=O) groups is 1. The molecule has 1 aliphatic carbocycles. The highest BCUT2D eigenvalue weighted by atomic mass is 16.1. The van der Waals surface area contributed by atoms with Gasteiger partial charge in [0.1, 0.15) is 0 Å². The first kappa shape index (κ1) is 12.9. The summed E-state index contributed by atoms with van der Waals surface area (Å²) in [5, 5.41) is 0. The minimum atomic E-state index is 0.266. The van der Waals surface area contributed by atoms with Crippen LogP contribution < -0.4 is 0 Å². The number of ketones is 1. The molecule has 1 aromatic rings. The lowest BCUT2D eigenvalue weighted by Gasteiger charge is -2.41. The third kappa shape index (κ3) is 2.76. The largest absolute Gasteiger partial charge is 0.348 e. The van der Waals surface area contributed by atoms with Gasteiger partial charge in [0.15, 0.2) is 5.78 Å². The number of Topliss-reactive ketones (excluding diaryl/α,β-unsaturated/α-hetero) is 1. The highest BCUT2D eigenvalue weighted by molar-refractivity contribution is 5.96. The van der Waals surface area contributed by atoms with Gasteiger partial charge in [-0.1, -0.05) is 19.3 Å². The van der Waals surface area contributed by atoms with Crippen molar-refractivity contribution in [3.63, 3.8) is 0 Å². The average Bonchev–Trinajstić information content (AvgIpc) is 2.85. The van der Waals surface area contributed by atoms with Crippen LogP contribution in [0.4, 0.5) is 0 Å². The van der Waals surface area contributed by atoms with Crippen LogP contribution in [-0.2, 0) is 7.05 Å². The molecule has 1 saturated carbocycles. The van der Waals surface area contributed by atoms with Crippen LogP contribution in [0.25, 0.3) is 0 Å². The quantitative estimate of drug-likeness (QED) is 0.781. The van der Waals surface area contributed by atoms with Gasteiger partial charge in [-0.25, -0.2) is 0 Å². The Morgan fingerprint density at radius 3 is 2.79 bits per heavy atom. The van der Waals surface area contributed by atoms with E-state index in [-0.39, 0.29) is 5.78 Å². The molecule has 1 saturated heterocycles. The highest BCUT2D eigenvalue weighted by Crippen LogP contribution is 2.35. The first-order valence-electron chi connectivity index (χ1n) is 7.61. The van der Waals surface area contributed by atoms with E-state index in [0.717, 1.165) is 30.6 Å². The van der Waals surface area contributed by atoms with Crippen molar-refractivity contribution >= 4 is 5.78 Å². The Balaban J connectivity index is 1.59. The minimum absolute atomic E-state index is 0.266. The number of aromatic nitrogens is 1. The summed E-state index contributed by atoms with van der Waals surface area (Å²) in [5.41, 5.74) is 0.839. The van der Waals surface area contributed by atoms with Gasteiger partial charge in [0, 0.05) is 19.8 Å². The Morgan fingerprint density at radius 2 is 2.05 bits per heavy atom. The van der Waals surface area contributed by atoms with Crippen LogP contribution in [0, 0.1) is 11.8 Å². The Labute approximate surface area is 115 Å². The van der Waals surface area contributed by atoms with Crippen molar-refractivity contribution in [2.45, 2.75) is 32.1 Å². The van der Waals surface area contributed by atoms with Gasteiger partial charge in [-0.15, -0.1) is 0 Å². The highest BCUT2D eigenvalue weighted by Gasteiger charge is 2.31. The smallest absolute Gasteiger partial charge is 0.193 e. The molecule has 104 valence electrons. The monoisotopic (exact) mass is 260 g/mol. The summed E-state index contributed by atoms with van der Waals surface area (Å²) in [7, 11) is 1.95. The second-order valence-corrected chi connectivity index (χ2v) is 6.26. The number of likely N-dealkylation sites (tertiary alicyclic amines) is 1. The van der Waals surface area contributed by atoms with E-state index < -0.39 is 0 Å². The van der Waals surface area contributed by atoms with E-state index in [1.54, 1.807) is 0 Å². The molecule has 0 bridgehead atoms. The third-order valence-electron chi connectivity index (χ3n) is 4.97. The van der Waals surface area contributed by atoms with Gasteiger partial charge < -0.3 is 4.57 Å². The topological polar surface area (TPSA) is 25.2 Å². The van der Waals surface area contributed by atoms with Crippen LogP contribution >= 0.6 is 0 Å². The van der Waals surface area contributed by atoms with Crippen LogP contribution in [0.15, 0.2) is 18.3 Å². The maximum atomic E-state index is 12.3. The number of hydrogen-bond donors (Lipinski definition) is 0.